The summed E-state index contributed by atoms with van der Waals surface area (Å²) in [6, 6.07) is 24.2. The summed E-state index contributed by atoms with van der Waals surface area (Å²) in [4.78, 5) is 4.29. The molecule has 0 N–H and O–H groups in total. The molecule has 0 aliphatic heterocycles. The Hall–Kier alpha value is -4.65. The number of benzene rings is 3. The molecule has 4 rings (SSSR count). The van der Waals surface area contributed by atoms with Crippen LogP contribution < -0.4 is 9.47 Å². The van der Waals surface area contributed by atoms with Crippen LogP contribution in [0.3, 0.4) is 0 Å². The van der Waals surface area contributed by atoms with Crippen molar-refractivity contribution in [3.8, 4) is 58.5 Å². The van der Waals surface area contributed by atoms with Crippen molar-refractivity contribution in [3.63, 3.8) is 0 Å². The summed E-state index contributed by atoms with van der Waals surface area (Å²) in [6.45, 7) is 19.9. The van der Waals surface area contributed by atoms with Gasteiger partial charge in [0.05, 0.1) is 13.2 Å². The molecule has 296 valence electrons. The molecule has 0 atom stereocenters. The van der Waals surface area contributed by atoms with Gasteiger partial charge in [-0.1, -0.05) is 135 Å². The van der Waals surface area contributed by atoms with E-state index in [-0.39, 0.29) is 0 Å². The first kappa shape index (κ1) is 45.1. The first-order valence-corrected chi connectivity index (χ1v) is 23.9. The molecular formula is C52H60BrNO2Si. The van der Waals surface area contributed by atoms with Gasteiger partial charge >= 0.3 is 0 Å². The Labute approximate surface area is 354 Å². The maximum absolute atomic E-state index is 6.27. The molecule has 3 aromatic carbocycles. The Kier molecular flexibility index (Phi) is 18.6. The van der Waals surface area contributed by atoms with Gasteiger partial charge in [-0.15, -0.1) is 5.54 Å². The van der Waals surface area contributed by atoms with Crippen LogP contribution in [-0.2, 0) is 0 Å². The summed E-state index contributed by atoms with van der Waals surface area (Å²) in [7, 11) is -1.89. The molecule has 1 aromatic heterocycles. The summed E-state index contributed by atoms with van der Waals surface area (Å²) in [5.74, 6) is 25.2. The van der Waals surface area contributed by atoms with Gasteiger partial charge in [0.25, 0.3) is 0 Å². The van der Waals surface area contributed by atoms with E-state index < -0.39 is 8.07 Å². The van der Waals surface area contributed by atoms with Crippen molar-refractivity contribution in [2.24, 2.45) is 0 Å². The monoisotopic (exact) mass is 837 g/mol. The van der Waals surface area contributed by atoms with Crippen LogP contribution in [0.2, 0.25) is 16.6 Å². The fraction of sp³-hybridized carbons (Fsp3) is 0.404. The topological polar surface area (TPSA) is 31.4 Å². The first-order chi connectivity index (χ1) is 27.5. The van der Waals surface area contributed by atoms with Crippen LogP contribution in [0.1, 0.15) is 146 Å². The third-order valence-corrected chi connectivity index (χ3v) is 17.1. The van der Waals surface area contributed by atoms with Crippen molar-refractivity contribution in [2.75, 3.05) is 13.2 Å². The second kappa shape index (κ2) is 23.5. The van der Waals surface area contributed by atoms with Gasteiger partial charge in [-0.25, -0.2) is 4.98 Å². The highest BCUT2D eigenvalue weighted by molar-refractivity contribution is 9.10. The fourth-order valence-electron chi connectivity index (χ4n) is 7.22. The molecule has 5 heteroatoms. The maximum atomic E-state index is 6.27. The lowest BCUT2D eigenvalue weighted by molar-refractivity contribution is 0.305. The predicted octanol–water partition coefficient (Wildman–Crippen LogP) is 13.5. The summed E-state index contributed by atoms with van der Waals surface area (Å²) in [5, 5.41) is 0. The molecule has 0 bridgehead atoms. The highest BCUT2D eigenvalue weighted by atomic mass is 79.9. The van der Waals surface area contributed by atoms with E-state index >= 15 is 0 Å². The standard InChI is InChI=1S/C52H60BrNO2Si/c1-9-11-13-15-30-55-50-35-46(33-48(37-50)26-23-45-27-28-52(53)54-39-45)24-21-43-17-19-44(20-18-43)22-25-47-34-49(38-51(36-47)56-31-16-14-12-10-2)29-32-57(40(3)4,41(5)6)42(7)8/h17-20,27-28,33-42H,9-16,30-31H2,1-8H3. The van der Waals surface area contributed by atoms with Gasteiger partial charge < -0.3 is 9.47 Å². The normalized spacial score (nSPS) is 10.8. The second-order valence-corrected chi connectivity index (χ2v) is 22.0. The van der Waals surface area contributed by atoms with E-state index in [1.807, 2.05) is 60.7 Å². The van der Waals surface area contributed by atoms with E-state index in [9.17, 15) is 0 Å². The number of unbranched alkanes of at least 4 members (excludes halogenated alkanes) is 6. The van der Waals surface area contributed by atoms with Crippen LogP contribution in [0.4, 0.5) is 0 Å². The Morgan fingerprint density at radius 3 is 1.26 bits per heavy atom. The number of nitrogens with zero attached hydrogens (tertiary/aromatic N) is 1. The predicted molar refractivity (Wildman–Crippen MR) is 246 cm³/mol. The summed E-state index contributed by atoms with van der Waals surface area (Å²) in [5.41, 5.74) is 11.8. The van der Waals surface area contributed by atoms with Crippen LogP contribution >= 0.6 is 15.9 Å². The molecule has 57 heavy (non-hydrogen) atoms. The molecule has 0 unspecified atom stereocenters. The fourth-order valence-corrected chi connectivity index (χ4v) is 12.7. The second-order valence-electron chi connectivity index (χ2n) is 15.7. The minimum Gasteiger partial charge on any atom is -0.494 e. The number of hydrogen-bond acceptors (Lipinski definition) is 3. The molecule has 0 saturated heterocycles. The van der Waals surface area contributed by atoms with E-state index in [0.29, 0.717) is 29.8 Å². The van der Waals surface area contributed by atoms with Gasteiger partial charge in [-0.2, -0.15) is 0 Å². The lowest BCUT2D eigenvalue weighted by Gasteiger charge is -2.38. The molecule has 0 aliphatic carbocycles. The van der Waals surface area contributed by atoms with Crippen molar-refractivity contribution in [2.45, 2.75) is 123 Å². The van der Waals surface area contributed by atoms with Gasteiger partial charge in [0, 0.05) is 45.1 Å². The molecule has 0 radical (unpaired) electrons. The number of hydrogen-bond donors (Lipinski definition) is 0. The zero-order valence-corrected chi connectivity index (χ0v) is 38.0. The minimum atomic E-state index is -1.89. The summed E-state index contributed by atoms with van der Waals surface area (Å²) in [6.07, 6.45) is 11.0. The molecule has 4 aromatic rings. The SMILES string of the molecule is CCCCCCOc1cc(C#Cc2ccc(C#Cc3cc(C#C[Si](C(C)C)(C(C)C)C(C)C)cc(OCCCCCC)c3)cc2)cc(C#Cc2ccc(Br)nc2)c1. The van der Waals surface area contributed by atoms with Gasteiger partial charge in [-0.05, 0) is 118 Å². The van der Waals surface area contributed by atoms with Gasteiger partial charge in [0.15, 0.2) is 0 Å². The largest absolute Gasteiger partial charge is 0.494 e. The van der Waals surface area contributed by atoms with Crippen LogP contribution in [0.15, 0.2) is 83.6 Å². The molecule has 1 heterocycles. The van der Waals surface area contributed by atoms with E-state index in [2.05, 4.69) is 135 Å². The zero-order valence-electron chi connectivity index (χ0n) is 35.5. The Morgan fingerprint density at radius 2 is 0.877 bits per heavy atom. The van der Waals surface area contributed by atoms with Gasteiger partial charge in [0.1, 0.15) is 24.2 Å². The molecule has 0 spiro atoms. The van der Waals surface area contributed by atoms with E-state index in [1.165, 1.54) is 32.1 Å². The number of halogens is 1. The lowest BCUT2D eigenvalue weighted by Crippen LogP contribution is -2.43. The Balaban J connectivity index is 1.58. The summed E-state index contributed by atoms with van der Waals surface area (Å²) >= 11 is 3.39. The number of rotatable bonds is 15. The van der Waals surface area contributed by atoms with Gasteiger partial charge in [0.2, 0.25) is 0 Å². The molecule has 3 nitrogen and oxygen atoms in total. The van der Waals surface area contributed by atoms with E-state index in [4.69, 9.17) is 9.47 Å². The average molecular weight is 839 g/mol. The molecule has 0 aliphatic rings. The highest BCUT2D eigenvalue weighted by Gasteiger charge is 2.41. The van der Waals surface area contributed by atoms with Crippen LogP contribution in [0.5, 0.6) is 11.5 Å². The van der Waals surface area contributed by atoms with Crippen LogP contribution in [0.25, 0.3) is 0 Å². The zero-order chi connectivity index (χ0) is 41.0. The van der Waals surface area contributed by atoms with Crippen LogP contribution in [-0.4, -0.2) is 26.3 Å². The number of ether oxygens (including phenoxy) is 2. The van der Waals surface area contributed by atoms with Crippen molar-refractivity contribution in [1.82, 2.24) is 4.98 Å². The summed E-state index contributed by atoms with van der Waals surface area (Å²) < 4.78 is 13.2. The quantitative estimate of drug-likeness (QED) is 0.0517. The minimum absolute atomic E-state index is 0.567. The smallest absolute Gasteiger partial charge is 0.146 e. The third kappa shape index (κ3) is 14.7. The first-order valence-electron chi connectivity index (χ1n) is 20.9. The highest BCUT2D eigenvalue weighted by Crippen LogP contribution is 2.41. The number of aromatic nitrogens is 1. The lowest BCUT2D eigenvalue weighted by atomic mass is 10.1. The third-order valence-electron chi connectivity index (χ3n) is 10.3. The van der Waals surface area contributed by atoms with E-state index in [1.54, 1.807) is 6.20 Å². The molecular weight excluding hydrogens is 779 g/mol. The Morgan fingerprint density at radius 1 is 0.491 bits per heavy atom. The van der Waals surface area contributed by atoms with Crippen molar-refractivity contribution >= 4 is 24.0 Å². The molecule has 0 fully saturated rings. The van der Waals surface area contributed by atoms with Crippen LogP contribution in [0, 0.1) is 47.0 Å². The number of pyridine rings is 1. The van der Waals surface area contributed by atoms with Crippen molar-refractivity contribution < 1.29 is 9.47 Å². The van der Waals surface area contributed by atoms with Crippen molar-refractivity contribution in [3.05, 3.63) is 123 Å². The Bertz CT molecular complexity index is 2120. The maximum Gasteiger partial charge on any atom is 0.146 e. The van der Waals surface area contributed by atoms with Gasteiger partial charge in [-0.3, -0.25) is 0 Å². The van der Waals surface area contributed by atoms with Crippen molar-refractivity contribution in [1.29, 1.82) is 0 Å². The average Bonchev–Trinajstić information content (AvgIpc) is 3.19. The van der Waals surface area contributed by atoms with E-state index in [0.717, 1.165) is 74.3 Å². The molecule has 0 saturated carbocycles. The molecule has 0 amide bonds.